The van der Waals surface area contributed by atoms with Crippen molar-refractivity contribution >= 4 is 28.8 Å². The molecule has 178 valence electrons. The highest BCUT2D eigenvalue weighted by Gasteiger charge is 2.37. The van der Waals surface area contributed by atoms with Crippen LogP contribution in [-0.4, -0.2) is 29.8 Å². The molecule has 0 spiro atoms. The van der Waals surface area contributed by atoms with Crippen molar-refractivity contribution in [2.75, 3.05) is 23.7 Å². The van der Waals surface area contributed by atoms with E-state index in [1.165, 1.54) is 6.07 Å². The topological polar surface area (TPSA) is 61.4 Å². The summed E-state index contributed by atoms with van der Waals surface area (Å²) in [5.74, 6) is -0.949. The molecule has 0 unspecified atom stereocenters. The van der Waals surface area contributed by atoms with Crippen molar-refractivity contribution in [3.8, 4) is 0 Å². The monoisotopic (exact) mass is 469 g/mol. The molecule has 0 fully saturated rings. The van der Waals surface area contributed by atoms with Gasteiger partial charge in [0.25, 0.3) is 5.91 Å². The Hall–Kier alpha value is -3.55. The quantitative estimate of drug-likeness (QED) is 0.578. The van der Waals surface area contributed by atoms with Crippen molar-refractivity contribution < 1.29 is 22.8 Å². The molecule has 5 nitrogen and oxygen atoms in total. The van der Waals surface area contributed by atoms with E-state index in [1.54, 1.807) is 0 Å². The van der Waals surface area contributed by atoms with E-state index < -0.39 is 23.6 Å². The number of hydrogen-bond acceptors (Lipinski definition) is 3. The number of fused-ring (bicyclic) bond motifs is 1. The number of carbonyl (C=O) groups is 2. The van der Waals surface area contributed by atoms with Crippen LogP contribution in [-0.2, 0) is 22.2 Å². The number of anilines is 2. The van der Waals surface area contributed by atoms with Gasteiger partial charge in [-0.05, 0) is 61.6 Å². The lowest BCUT2D eigenvalue weighted by Gasteiger charge is -2.29. The zero-order valence-electron chi connectivity index (χ0n) is 19.1. The lowest BCUT2D eigenvalue weighted by atomic mass is 9.90. The van der Waals surface area contributed by atoms with Gasteiger partial charge in [-0.15, -0.1) is 0 Å². The molecule has 0 saturated heterocycles. The summed E-state index contributed by atoms with van der Waals surface area (Å²) >= 11 is 0. The average molecular weight is 470 g/mol. The molecule has 0 bridgehead atoms. The molecule has 2 aromatic rings. The molecule has 1 heterocycles. The van der Waals surface area contributed by atoms with Crippen molar-refractivity contribution in [1.29, 1.82) is 0 Å². The molecule has 2 aliphatic rings. The molecule has 0 atom stereocenters. The van der Waals surface area contributed by atoms with Crippen LogP contribution in [0.3, 0.4) is 0 Å². The predicted molar refractivity (Wildman–Crippen MR) is 126 cm³/mol. The first-order chi connectivity index (χ1) is 16.2. The number of benzene rings is 2. The molecule has 1 aliphatic heterocycles. The zero-order valence-corrected chi connectivity index (χ0v) is 19.1. The first-order valence-electron chi connectivity index (χ1n) is 11.3. The number of hydrogen-bond donors (Lipinski definition) is 2. The van der Waals surface area contributed by atoms with Gasteiger partial charge in [0.05, 0.1) is 12.0 Å². The second-order valence-corrected chi connectivity index (χ2v) is 8.30. The van der Waals surface area contributed by atoms with Crippen LogP contribution in [0, 0.1) is 0 Å². The smallest absolute Gasteiger partial charge is 0.372 e. The van der Waals surface area contributed by atoms with Gasteiger partial charge >= 0.3 is 6.18 Å². The van der Waals surface area contributed by atoms with Crippen LogP contribution < -0.4 is 10.6 Å². The van der Waals surface area contributed by atoms with Crippen LogP contribution in [0.25, 0.3) is 5.57 Å². The van der Waals surface area contributed by atoms with E-state index in [4.69, 9.17) is 0 Å². The molecule has 34 heavy (non-hydrogen) atoms. The summed E-state index contributed by atoms with van der Waals surface area (Å²) in [5.41, 5.74) is 2.76. The maximum Gasteiger partial charge on any atom is 0.416 e. The molecule has 8 heteroatoms. The highest BCUT2D eigenvalue weighted by atomic mass is 19.4. The van der Waals surface area contributed by atoms with E-state index in [9.17, 15) is 22.8 Å². The number of rotatable bonds is 6. The standard InChI is InChI=1S/C26H26F3N3O2/c1-3-32(4-2)23-12-17(10-11-19(23)16-8-6-5-7-9-16)25(34)30-18-13-21(26(27,28)29)20-15-24(33)31-22(20)14-18/h5-9,12-14H,3-4,10-11,15H2,1-2H3,(H,30,34)(H,31,33). The van der Waals surface area contributed by atoms with E-state index >= 15 is 0 Å². The van der Waals surface area contributed by atoms with Crippen molar-refractivity contribution in [3.63, 3.8) is 0 Å². The van der Waals surface area contributed by atoms with E-state index in [0.29, 0.717) is 18.4 Å². The molecule has 2 N–H and O–H groups in total. The van der Waals surface area contributed by atoms with Crippen LogP contribution >= 0.6 is 0 Å². The van der Waals surface area contributed by atoms with Crippen LogP contribution in [0.15, 0.2) is 59.8 Å². The van der Waals surface area contributed by atoms with Gasteiger partial charge < -0.3 is 15.5 Å². The normalized spacial score (nSPS) is 15.6. The number of amides is 2. The summed E-state index contributed by atoms with van der Waals surface area (Å²) in [7, 11) is 0. The number of allylic oxidation sites excluding steroid dienone is 2. The average Bonchev–Trinajstić information content (AvgIpc) is 3.19. The number of carbonyl (C=O) groups excluding carboxylic acids is 2. The van der Waals surface area contributed by atoms with Crippen molar-refractivity contribution in [3.05, 3.63) is 76.5 Å². The summed E-state index contributed by atoms with van der Waals surface area (Å²) < 4.78 is 40.8. The van der Waals surface area contributed by atoms with Crippen molar-refractivity contribution in [2.24, 2.45) is 0 Å². The van der Waals surface area contributed by atoms with E-state index in [1.807, 2.05) is 50.3 Å². The lowest BCUT2D eigenvalue weighted by molar-refractivity contribution is -0.138. The van der Waals surface area contributed by atoms with E-state index in [-0.39, 0.29) is 23.4 Å². The molecule has 1 aliphatic carbocycles. The fourth-order valence-corrected chi connectivity index (χ4v) is 4.53. The van der Waals surface area contributed by atoms with Gasteiger partial charge in [0.2, 0.25) is 5.91 Å². The minimum absolute atomic E-state index is 0.00130. The molecular formula is C26H26F3N3O2. The Morgan fingerprint density at radius 1 is 1.09 bits per heavy atom. The van der Waals surface area contributed by atoms with Gasteiger partial charge in [-0.3, -0.25) is 9.59 Å². The molecule has 4 rings (SSSR count). The van der Waals surface area contributed by atoms with Gasteiger partial charge in [-0.1, -0.05) is 30.3 Å². The van der Waals surface area contributed by atoms with Gasteiger partial charge in [-0.25, -0.2) is 0 Å². The van der Waals surface area contributed by atoms with Crippen LogP contribution in [0.2, 0.25) is 0 Å². The second-order valence-electron chi connectivity index (χ2n) is 8.30. The van der Waals surface area contributed by atoms with Crippen molar-refractivity contribution in [2.45, 2.75) is 39.3 Å². The van der Waals surface area contributed by atoms with Gasteiger partial charge in [-0.2, -0.15) is 13.2 Å². The van der Waals surface area contributed by atoms with Crippen molar-refractivity contribution in [1.82, 2.24) is 4.90 Å². The third-order valence-electron chi connectivity index (χ3n) is 6.21. The third-order valence-corrected chi connectivity index (χ3v) is 6.21. The minimum atomic E-state index is -4.63. The van der Waals surface area contributed by atoms with Crippen LogP contribution in [0.5, 0.6) is 0 Å². The number of halogens is 3. The SMILES string of the molecule is CCN(CC)C1=C(c2ccccc2)CCC(C(=O)Nc2cc3c(c(C(F)(F)F)c2)CC(=O)N3)=C1. The summed E-state index contributed by atoms with van der Waals surface area (Å²) in [6, 6.07) is 12.2. The minimum Gasteiger partial charge on any atom is -0.372 e. The van der Waals surface area contributed by atoms with Crippen LogP contribution in [0.4, 0.5) is 24.5 Å². The maximum absolute atomic E-state index is 13.6. The van der Waals surface area contributed by atoms with Crippen LogP contribution in [0.1, 0.15) is 43.4 Å². The summed E-state index contributed by atoms with van der Waals surface area (Å²) in [5, 5.41) is 5.06. The second kappa shape index (κ2) is 9.37. The van der Waals surface area contributed by atoms with Gasteiger partial charge in [0.1, 0.15) is 0 Å². The van der Waals surface area contributed by atoms with E-state index in [2.05, 4.69) is 15.5 Å². The number of nitrogens with one attached hydrogen (secondary N) is 2. The number of alkyl halides is 3. The predicted octanol–water partition coefficient (Wildman–Crippen LogP) is 5.61. The molecular weight excluding hydrogens is 443 g/mol. The molecule has 0 radical (unpaired) electrons. The molecule has 2 amide bonds. The Bertz CT molecular complexity index is 1180. The fraction of sp³-hybridized carbons (Fsp3) is 0.308. The third kappa shape index (κ3) is 4.71. The highest BCUT2D eigenvalue weighted by molar-refractivity contribution is 6.06. The Morgan fingerprint density at radius 2 is 1.79 bits per heavy atom. The first kappa shape index (κ1) is 23.6. The fourth-order valence-electron chi connectivity index (χ4n) is 4.53. The molecule has 0 aromatic heterocycles. The summed E-state index contributed by atoms with van der Waals surface area (Å²) in [6.07, 6.45) is -2.01. The zero-order chi connectivity index (χ0) is 24.5. The lowest BCUT2D eigenvalue weighted by Crippen LogP contribution is -2.26. The van der Waals surface area contributed by atoms with E-state index in [0.717, 1.165) is 36.0 Å². The summed E-state index contributed by atoms with van der Waals surface area (Å²) in [6.45, 7) is 5.59. The first-order valence-corrected chi connectivity index (χ1v) is 11.3. The number of nitrogens with zero attached hydrogens (tertiary/aromatic N) is 1. The van der Waals surface area contributed by atoms with Gasteiger partial charge in [0, 0.05) is 35.7 Å². The van der Waals surface area contributed by atoms with Gasteiger partial charge in [0.15, 0.2) is 0 Å². The molecule has 0 saturated carbocycles. The Labute approximate surface area is 196 Å². The Kier molecular flexibility index (Phi) is 6.50. The highest BCUT2D eigenvalue weighted by Crippen LogP contribution is 2.40. The molecule has 2 aromatic carbocycles. The maximum atomic E-state index is 13.6. The Balaban J connectivity index is 1.67. The number of likely N-dealkylation sites (N-methyl/N-ethyl adjacent to an activating group) is 1. The Morgan fingerprint density at radius 3 is 2.44 bits per heavy atom. The largest absolute Gasteiger partial charge is 0.416 e. The summed E-state index contributed by atoms with van der Waals surface area (Å²) in [4.78, 5) is 26.9.